The third-order valence-electron chi connectivity index (χ3n) is 2.84. The molecule has 0 saturated carbocycles. The zero-order valence-corrected chi connectivity index (χ0v) is 13.1. The molecule has 0 fully saturated rings. The standard InChI is InChI=1S/C14H20ClN3O3/c1-9(6-7-18(2)3)16-14(21)17-10-4-5-12(15)11(8-10)13(19)20/h4-5,8-9H,6-7H2,1-3H3,(H,19,20)(H2,16,17,21). The van der Waals surface area contributed by atoms with Gasteiger partial charge in [0.2, 0.25) is 0 Å². The summed E-state index contributed by atoms with van der Waals surface area (Å²) in [6.45, 7) is 2.78. The summed E-state index contributed by atoms with van der Waals surface area (Å²) in [6.07, 6.45) is 0.821. The number of rotatable bonds is 6. The number of aromatic carboxylic acids is 1. The molecule has 3 N–H and O–H groups in total. The number of halogens is 1. The molecule has 0 bridgehead atoms. The first-order chi connectivity index (χ1) is 9.79. The van der Waals surface area contributed by atoms with E-state index in [2.05, 4.69) is 10.6 Å². The highest BCUT2D eigenvalue weighted by atomic mass is 35.5. The molecule has 116 valence electrons. The lowest BCUT2D eigenvalue weighted by Gasteiger charge is -2.17. The van der Waals surface area contributed by atoms with Crippen molar-refractivity contribution in [2.45, 2.75) is 19.4 Å². The molecule has 2 amide bonds. The number of benzene rings is 1. The second kappa shape index (κ2) is 7.85. The first-order valence-corrected chi connectivity index (χ1v) is 6.92. The number of hydrogen-bond acceptors (Lipinski definition) is 3. The minimum absolute atomic E-state index is 0.0126. The fourth-order valence-electron chi connectivity index (χ4n) is 1.68. The third kappa shape index (κ3) is 6.01. The molecule has 0 radical (unpaired) electrons. The molecule has 1 atom stereocenters. The quantitative estimate of drug-likeness (QED) is 0.753. The van der Waals surface area contributed by atoms with Gasteiger partial charge in [0.25, 0.3) is 0 Å². The third-order valence-corrected chi connectivity index (χ3v) is 3.17. The predicted molar refractivity (Wildman–Crippen MR) is 83.2 cm³/mol. The van der Waals surface area contributed by atoms with Crippen LogP contribution < -0.4 is 10.6 Å². The highest BCUT2D eigenvalue weighted by molar-refractivity contribution is 6.33. The van der Waals surface area contributed by atoms with Crippen molar-refractivity contribution in [1.82, 2.24) is 10.2 Å². The maximum atomic E-state index is 11.8. The molecule has 0 spiro atoms. The molecule has 6 nitrogen and oxygen atoms in total. The molecule has 0 aliphatic rings. The summed E-state index contributed by atoms with van der Waals surface area (Å²) >= 11 is 5.77. The minimum Gasteiger partial charge on any atom is -0.478 e. The Labute approximate surface area is 129 Å². The number of carboxylic acids is 1. The van der Waals surface area contributed by atoms with Crippen LogP contribution in [0.3, 0.4) is 0 Å². The average Bonchev–Trinajstić information content (AvgIpc) is 2.38. The highest BCUT2D eigenvalue weighted by Crippen LogP contribution is 2.20. The van der Waals surface area contributed by atoms with E-state index in [1.807, 2.05) is 25.9 Å². The van der Waals surface area contributed by atoms with Crippen LogP contribution in [0, 0.1) is 0 Å². The van der Waals surface area contributed by atoms with Crippen LogP contribution in [0.1, 0.15) is 23.7 Å². The van der Waals surface area contributed by atoms with Crippen LogP contribution in [0.4, 0.5) is 10.5 Å². The van der Waals surface area contributed by atoms with E-state index in [9.17, 15) is 9.59 Å². The van der Waals surface area contributed by atoms with Gasteiger partial charge in [-0.1, -0.05) is 11.6 Å². The zero-order valence-electron chi connectivity index (χ0n) is 12.3. The van der Waals surface area contributed by atoms with E-state index in [0.717, 1.165) is 13.0 Å². The normalized spacial score (nSPS) is 12.0. The number of carbonyl (C=O) groups excluding carboxylic acids is 1. The number of hydrogen-bond donors (Lipinski definition) is 3. The lowest BCUT2D eigenvalue weighted by Crippen LogP contribution is -2.37. The molecule has 1 unspecified atom stereocenters. The Morgan fingerprint density at radius 3 is 2.62 bits per heavy atom. The number of amides is 2. The molecular formula is C14H20ClN3O3. The van der Waals surface area contributed by atoms with Crippen LogP contribution in [0.15, 0.2) is 18.2 Å². The van der Waals surface area contributed by atoms with E-state index >= 15 is 0 Å². The van der Waals surface area contributed by atoms with Gasteiger partial charge in [0.1, 0.15) is 0 Å². The smallest absolute Gasteiger partial charge is 0.337 e. The van der Waals surface area contributed by atoms with E-state index in [1.165, 1.54) is 12.1 Å². The van der Waals surface area contributed by atoms with Crippen LogP contribution in [0.5, 0.6) is 0 Å². The number of carbonyl (C=O) groups is 2. The molecule has 0 heterocycles. The Balaban J connectivity index is 2.59. The first kappa shape index (κ1) is 17.3. The van der Waals surface area contributed by atoms with Gasteiger partial charge in [-0.25, -0.2) is 9.59 Å². The Morgan fingerprint density at radius 1 is 1.38 bits per heavy atom. The topological polar surface area (TPSA) is 81.7 Å². The van der Waals surface area contributed by atoms with Gasteiger partial charge in [-0.3, -0.25) is 0 Å². The van der Waals surface area contributed by atoms with Crippen LogP contribution in [-0.2, 0) is 0 Å². The number of anilines is 1. The maximum absolute atomic E-state index is 11.8. The second-order valence-corrected chi connectivity index (χ2v) is 5.50. The molecule has 1 aromatic rings. The van der Waals surface area contributed by atoms with Crippen molar-refractivity contribution in [3.63, 3.8) is 0 Å². The van der Waals surface area contributed by atoms with Crippen LogP contribution in [-0.4, -0.2) is 48.7 Å². The molecule has 1 rings (SSSR count). The van der Waals surface area contributed by atoms with E-state index in [0.29, 0.717) is 5.69 Å². The van der Waals surface area contributed by atoms with E-state index in [1.54, 1.807) is 6.07 Å². The van der Waals surface area contributed by atoms with Crippen LogP contribution in [0.25, 0.3) is 0 Å². The van der Waals surface area contributed by atoms with Crippen LogP contribution >= 0.6 is 11.6 Å². The molecule has 0 aliphatic heterocycles. The minimum atomic E-state index is -1.14. The molecule has 0 aliphatic carbocycles. The van der Waals surface area contributed by atoms with Crippen molar-refractivity contribution >= 4 is 29.3 Å². The highest BCUT2D eigenvalue weighted by Gasteiger charge is 2.12. The largest absolute Gasteiger partial charge is 0.478 e. The first-order valence-electron chi connectivity index (χ1n) is 6.54. The second-order valence-electron chi connectivity index (χ2n) is 5.09. The van der Waals surface area contributed by atoms with E-state index < -0.39 is 5.97 Å². The van der Waals surface area contributed by atoms with Crippen molar-refractivity contribution < 1.29 is 14.7 Å². The Kier molecular flexibility index (Phi) is 6.45. The fourth-order valence-corrected chi connectivity index (χ4v) is 1.88. The van der Waals surface area contributed by atoms with Gasteiger partial charge in [-0.05, 0) is 52.2 Å². The lowest BCUT2D eigenvalue weighted by atomic mass is 10.2. The monoisotopic (exact) mass is 313 g/mol. The molecule has 1 aromatic carbocycles. The van der Waals surface area contributed by atoms with E-state index in [-0.39, 0.29) is 22.7 Å². The summed E-state index contributed by atoms with van der Waals surface area (Å²) in [4.78, 5) is 24.8. The summed E-state index contributed by atoms with van der Waals surface area (Å²) in [5.74, 6) is -1.14. The molecular weight excluding hydrogens is 294 g/mol. The van der Waals surface area contributed by atoms with Gasteiger partial charge >= 0.3 is 12.0 Å². The van der Waals surface area contributed by atoms with Gasteiger partial charge in [0.15, 0.2) is 0 Å². The lowest BCUT2D eigenvalue weighted by molar-refractivity contribution is 0.0697. The van der Waals surface area contributed by atoms with Crippen molar-refractivity contribution in [2.24, 2.45) is 0 Å². The van der Waals surface area contributed by atoms with Crippen molar-refractivity contribution in [1.29, 1.82) is 0 Å². The van der Waals surface area contributed by atoms with Crippen molar-refractivity contribution in [3.05, 3.63) is 28.8 Å². The molecule has 0 aromatic heterocycles. The molecule has 21 heavy (non-hydrogen) atoms. The average molecular weight is 314 g/mol. The Bertz CT molecular complexity index is 520. The number of nitrogens with zero attached hydrogens (tertiary/aromatic N) is 1. The van der Waals surface area contributed by atoms with Gasteiger partial charge in [0.05, 0.1) is 10.6 Å². The van der Waals surface area contributed by atoms with Crippen LogP contribution in [0.2, 0.25) is 5.02 Å². The van der Waals surface area contributed by atoms with Crippen molar-refractivity contribution in [2.75, 3.05) is 26.0 Å². The van der Waals surface area contributed by atoms with Crippen molar-refractivity contribution in [3.8, 4) is 0 Å². The van der Waals surface area contributed by atoms with Gasteiger partial charge < -0.3 is 20.6 Å². The molecule has 7 heteroatoms. The summed E-state index contributed by atoms with van der Waals surface area (Å²) in [5, 5.41) is 14.5. The summed E-state index contributed by atoms with van der Waals surface area (Å²) in [6, 6.07) is 3.96. The van der Waals surface area contributed by atoms with Gasteiger partial charge in [0, 0.05) is 11.7 Å². The predicted octanol–water partition coefficient (Wildman–Crippen LogP) is 2.50. The maximum Gasteiger partial charge on any atom is 0.337 e. The fraction of sp³-hybridized carbons (Fsp3) is 0.429. The Hall–Kier alpha value is -1.79. The summed E-state index contributed by atoms with van der Waals surface area (Å²) < 4.78 is 0. The van der Waals surface area contributed by atoms with E-state index in [4.69, 9.17) is 16.7 Å². The summed E-state index contributed by atoms with van der Waals surface area (Å²) in [7, 11) is 3.93. The Morgan fingerprint density at radius 2 is 2.05 bits per heavy atom. The zero-order chi connectivity index (χ0) is 16.0. The molecule has 0 saturated heterocycles. The van der Waals surface area contributed by atoms with Gasteiger partial charge in [-0.15, -0.1) is 0 Å². The SMILES string of the molecule is CC(CCN(C)C)NC(=O)Nc1ccc(Cl)c(C(=O)O)c1. The number of urea groups is 1. The summed E-state index contributed by atoms with van der Waals surface area (Å²) in [5.41, 5.74) is 0.337. The van der Waals surface area contributed by atoms with Gasteiger partial charge in [-0.2, -0.15) is 0 Å². The number of carboxylic acid groups (broad SMARTS) is 1. The number of nitrogens with one attached hydrogen (secondary N) is 2.